The second kappa shape index (κ2) is 4.36. The summed E-state index contributed by atoms with van der Waals surface area (Å²) >= 11 is 0. The normalized spacial score (nSPS) is 33.2. The number of hydrogen-bond acceptors (Lipinski definition) is 2. The van der Waals surface area contributed by atoms with E-state index in [1.54, 1.807) is 13.8 Å². The van der Waals surface area contributed by atoms with E-state index < -0.39 is 11.4 Å². The van der Waals surface area contributed by atoms with E-state index in [1.165, 1.54) is 25.7 Å². The molecule has 2 bridgehead atoms. The lowest BCUT2D eigenvalue weighted by Crippen LogP contribution is -2.38. The maximum atomic E-state index is 10.9. The van der Waals surface area contributed by atoms with Crippen LogP contribution < -0.4 is 5.32 Å². The van der Waals surface area contributed by atoms with Crippen LogP contribution in [0, 0.1) is 23.2 Å². The van der Waals surface area contributed by atoms with E-state index in [-0.39, 0.29) is 0 Å². The quantitative estimate of drug-likeness (QED) is 0.753. The standard InChI is InChI=1S/C13H23NO2/c1-13(2,12(15)16)8-14-7-11-6-9-3-4-10(11)5-9/h9-11,14H,3-8H2,1-2H3,(H,15,16). The Morgan fingerprint density at radius 3 is 2.62 bits per heavy atom. The van der Waals surface area contributed by atoms with Gasteiger partial charge in [-0.2, -0.15) is 0 Å². The minimum Gasteiger partial charge on any atom is -0.481 e. The summed E-state index contributed by atoms with van der Waals surface area (Å²) < 4.78 is 0. The first-order chi connectivity index (χ1) is 7.49. The Hall–Kier alpha value is -0.570. The summed E-state index contributed by atoms with van der Waals surface area (Å²) in [5.74, 6) is 1.99. The Morgan fingerprint density at radius 2 is 2.12 bits per heavy atom. The molecule has 2 fully saturated rings. The van der Waals surface area contributed by atoms with Gasteiger partial charge in [-0.15, -0.1) is 0 Å². The first-order valence-electron chi connectivity index (χ1n) is 6.43. The van der Waals surface area contributed by atoms with Gasteiger partial charge in [-0.05, 0) is 57.4 Å². The van der Waals surface area contributed by atoms with Crippen molar-refractivity contribution in [2.24, 2.45) is 23.2 Å². The van der Waals surface area contributed by atoms with Crippen molar-refractivity contribution in [3.63, 3.8) is 0 Å². The molecular formula is C13H23NO2. The van der Waals surface area contributed by atoms with Crippen molar-refractivity contribution in [3.05, 3.63) is 0 Å². The summed E-state index contributed by atoms with van der Waals surface area (Å²) in [6.07, 6.45) is 5.63. The molecule has 3 unspecified atom stereocenters. The molecule has 0 amide bonds. The number of carbonyl (C=O) groups is 1. The van der Waals surface area contributed by atoms with Crippen LogP contribution in [0.3, 0.4) is 0 Å². The predicted molar refractivity (Wildman–Crippen MR) is 63.2 cm³/mol. The van der Waals surface area contributed by atoms with E-state index in [2.05, 4.69) is 5.32 Å². The fourth-order valence-corrected chi connectivity index (χ4v) is 3.27. The minimum absolute atomic E-state index is 0.580. The van der Waals surface area contributed by atoms with Gasteiger partial charge in [-0.1, -0.05) is 6.42 Å². The van der Waals surface area contributed by atoms with Crippen molar-refractivity contribution in [2.45, 2.75) is 39.5 Å². The third-order valence-corrected chi connectivity index (χ3v) is 4.44. The topological polar surface area (TPSA) is 49.3 Å². The van der Waals surface area contributed by atoms with Crippen LogP contribution >= 0.6 is 0 Å². The van der Waals surface area contributed by atoms with Crippen molar-refractivity contribution < 1.29 is 9.90 Å². The third kappa shape index (κ3) is 2.40. The molecule has 16 heavy (non-hydrogen) atoms. The summed E-state index contributed by atoms with van der Waals surface area (Å²) in [6.45, 7) is 5.15. The zero-order valence-electron chi connectivity index (χ0n) is 10.3. The molecule has 3 atom stereocenters. The molecule has 0 heterocycles. The van der Waals surface area contributed by atoms with E-state index >= 15 is 0 Å². The molecule has 3 heteroatoms. The fraction of sp³-hybridized carbons (Fsp3) is 0.923. The van der Waals surface area contributed by atoms with Gasteiger partial charge in [-0.25, -0.2) is 0 Å². The average Bonchev–Trinajstić information content (AvgIpc) is 2.78. The number of carboxylic acids is 1. The first kappa shape index (κ1) is 11.9. The Labute approximate surface area is 97.6 Å². The van der Waals surface area contributed by atoms with Crippen LogP contribution in [0.4, 0.5) is 0 Å². The molecule has 2 aliphatic rings. The molecule has 0 saturated heterocycles. The fourth-order valence-electron chi connectivity index (χ4n) is 3.27. The summed E-state index contributed by atoms with van der Waals surface area (Å²) in [7, 11) is 0. The van der Waals surface area contributed by atoms with Crippen LogP contribution in [0.25, 0.3) is 0 Å². The number of rotatable bonds is 5. The number of nitrogens with one attached hydrogen (secondary N) is 1. The van der Waals surface area contributed by atoms with Crippen molar-refractivity contribution in [1.29, 1.82) is 0 Å². The summed E-state index contributed by atoms with van der Waals surface area (Å²) in [6, 6.07) is 0. The van der Waals surface area contributed by atoms with E-state index in [9.17, 15) is 4.79 Å². The predicted octanol–water partition coefficient (Wildman–Crippen LogP) is 2.12. The highest BCUT2D eigenvalue weighted by Crippen LogP contribution is 2.47. The lowest BCUT2D eigenvalue weighted by molar-refractivity contribution is -0.146. The van der Waals surface area contributed by atoms with Crippen LogP contribution in [0.15, 0.2) is 0 Å². The average molecular weight is 225 g/mol. The Morgan fingerprint density at radius 1 is 1.38 bits per heavy atom. The molecule has 0 aromatic rings. The highest BCUT2D eigenvalue weighted by atomic mass is 16.4. The lowest BCUT2D eigenvalue weighted by atomic mass is 9.88. The van der Waals surface area contributed by atoms with E-state index in [0.717, 1.165) is 24.3 Å². The maximum absolute atomic E-state index is 10.9. The zero-order chi connectivity index (χ0) is 11.8. The van der Waals surface area contributed by atoms with Crippen LogP contribution in [0.1, 0.15) is 39.5 Å². The van der Waals surface area contributed by atoms with Crippen molar-refractivity contribution >= 4 is 5.97 Å². The summed E-state index contributed by atoms with van der Waals surface area (Å²) in [5, 5.41) is 12.4. The van der Waals surface area contributed by atoms with Crippen LogP contribution in [0.2, 0.25) is 0 Å². The van der Waals surface area contributed by atoms with Gasteiger partial charge in [0, 0.05) is 6.54 Å². The van der Waals surface area contributed by atoms with Gasteiger partial charge < -0.3 is 10.4 Å². The van der Waals surface area contributed by atoms with E-state index in [0.29, 0.717) is 6.54 Å². The Bertz CT molecular complexity index is 275. The number of hydrogen-bond donors (Lipinski definition) is 2. The molecule has 0 aromatic carbocycles. The highest BCUT2D eigenvalue weighted by Gasteiger charge is 2.39. The molecule has 0 spiro atoms. The van der Waals surface area contributed by atoms with Gasteiger partial charge in [-0.3, -0.25) is 4.79 Å². The minimum atomic E-state index is -0.715. The molecule has 2 N–H and O–H groups in total. The number of fused-ring (bicyclic) bond motifs is 2. The van der Waals surface area contributed by atoms with Gasteiger partial charge >= 0.3 is 5.97 Å². The molecule has 2 rings (SSSR count). The third-order valence-electron chi connectivity index (χ3n) is 4.44. The van der Waals surface area contributed by atoms with Gasteiger partial charge in [0.2, 0.25) is 0 Å². The van der Waals surface area contributed by atoms with Crippen molar-refractivity contribution in [3.8, 4) is 0 Å². The largest absolute Gasteiger partial charge is 0.481 e. The second-order valence-electron chi connectivity index (χ2n) is 6.25. The number of aliphatic carboxylic acids is 1. The van der Waals surface area contributed by atoms with Gasteiger partial charge in [0.25, 0.3) is 0 Å². The molecule has 0 aliphatic heterocycles. The second-order valence-corrected chi connectivity index (χ2v) is 6.25. The molecule has 0 aromatic heterocycles. The van der Waals surface area contributed by atoms with Crippen LogP contribution in [0.5, 0.6) is 0 Å². The molecular weight excluding hydrogens is 202 g/mol. The van der Waals surface area contributed by atoms with Crippen LogP contribution in [-0.4, -0.2) is 24.2 Å². The number of carboxylic acid groups (broad SMARTS) is 1. The first-order valence-corrected chi connectivity index (χ1v) is 6.43. The molecule has 2 aliphatic carbocycles. The van der Waals surface area contributed by atoms with E-state index in [1.807, 2.05) is 0 Å². The van der Waals surface area contributed by atoms with Crippen molar-refractivity contribution in [2.75, 3.05) is 13.1 Å². The van der Waals surface area contributed by atoms with Gasteiger partial charge in [0.05, 0.1) is 5.41 Å². The lowest BCUT2D eigenvalue weighted by Gasteiger charge is -2.25. The van der Waals surface area contributed by atoms with Gasteiger partial charge in [0.1, 0.15) is 0 Å². The smallest absolute Gasteiger partial charge is 0.310 e. The highest BCUT2D eigenvalue weighted by molar-refractivity contribution is 5.73. The molecule has 2 saturated carbocycles. The zero-order valence-corrected chi connectivity index (χ0v) is 10.3. The van der Waals surface area contributed by atoms with Crippen LogP contribution in [-0.2, 0) is 4.79 Å². The Kier molecular flexibility index (Phi) is 3.24. The SMILES string of the molecule is CC(C)(CNCC1CC2CCC1C2)C(=O)O. The molecule has 92 valence electrons. The maximum Gasteiger partial charge on any atom is 0.310 e. The monoisotopic (exact) mass is 225 g/mol. The summed E-state index contributed by atoms with van der Waals surface area (Å²) in [4.78, 5) is 10.9. The summed E-state index contributed by atoms with van der Waals surface area (Å²) in [5.41, 5.74) is -0.641. The van der Waals surface area contributed by atoms with Gasteiger partial charge in [0.15, 0.2) is 0 Å². The molecule has 3 nitrogen and oxygen atoms in total. The van der Waals surface area contributed by atoms with Crippen molar-refractivity contribution in [1.82, 2.24) is 5.32 Å². The molecule has 0 radical (unpaired) electrons. The Balaban J connectivity index is 1.71. The van der Waals surface area contributed by atoms with E-state index in [4.69, 9.17) is 5.11 Å².